The number of benzene rings is 1. The summed E-state index contributed by atoms with van der Waals surface area (Å²) in [7, 11) is 0. The van der Waals surface area contributed by atoms with Crippen molar-refractivity contribution in [2.45, 2.75) is 26.3 Å². The van der Waals surface area contributed by atoms with E-state index in [9.17, 15) is 9.59 Å². The maximum atomic E-state index is 12.1. The highest BCUT2D eigenvalue weighted by atomic mass is 16.5. The van der Waals surface area contributed by atoms with Gasteiger partial charge in [-0.3, -0.25) is 9.78 Å². The van der Waals surface area contributed by atoms with Gasteiger partial charge in [0.05, 0.1) is 11.6 Å². The standard InChI is InChI=1S/C19H22N2O3/c1-14(2)12-17(15-6-4-3-5-7-15)21-18(22)13-24-19(23)16-8-10-20-11-9-16/h3-11,14,17H,12-13H2,1-2H3,(H,21,22)/t17-/m0/s1. The largest absolute Gasteiger partial charge is 0.452 e. The maximum Gasteiger partial charge on any atom is 0.338 e. The molecule has 0 bridgehead atoms. The van der Waals surface area contributed by atoms with Gasteiger partial charge in [-0.05, 0) is 30.0 Å². The monoisotopic (exact) mass is 326 g/mol. The molecule has 126 valence electrons. The molecule has 0 saturated carbocycles. The molecular formula is C19H22N2O3. The van der Waals surface area contributed by atoms with Crippen LogP contribution in [0.5, 0.6) is 0 Å². The lowest BCUT2D eigenvalue weighted by atomic mass is 9.97. The first-order valence-electron chi connectivity index (χ1n) is 7.97. The van der Waals surface area contributed by atoms with Crippen LogP contribution in [0.4, 0.5) is 0 Å². The predicted octanol–water partition coefficient (Wildman–Crippen LogP) is 3.14. The van der Waals surface area contributed by atoms with Crippen LogP contribution in [0.1, 0.15) is 42.2 Å². The zero-order chi connectivity index (χ0) is 17.4. The van der Waals surface area contributed by atoms with E-state index >= 15 is 0 Å². The molecule has 1 N–H and O–H groups in total. The van der Waals surface area contributed by atoms with Gasteiger partial charge in [-0.15, -0.1) is 0 Å². The van der Waals surface area contributed by atoms with E-state index in [2.05, 4.69) is 24.1 Å². The average molecular weight is 326 g/mol. The molecule has 5 nitrogen and oxygen atoms in total. The Hall–Kier alpha value is -2.69. The van der Waals surface area contributed by atoms with Gasteiger partial charge in [0, 0.05) is 12.4 Å². The van der Waals surface area contributed by atoms with Crippen LogP contribution in [0.3, 0.4) is 0 Å². The van der Waals surface area contributed by atoms with Gasteiger partial charge in [-0.25, -0.2) is 4.79 Å². The van der Waals surface area contributed by atoms with Gasteiger partial charge < -0.3 is 10.1 Å². The minimum absolute atomic E-state index is 0.0988. The Morgan fingerprint density at radius 2 is 1.75 bits per heavy atom. The molecule has 1 heterocycles. The quantitative estimate of drug-likeness (QED) is 0.794. The second kappa shape index (κ2) is 8.82. The number of pyridine rings is 1. The Labute approximate surface area is 142 Å². The summed E-state index contributed by atoms with van der Waals surface area (Å²) in [5.41, 5.74) is 1.42. The minimum Gasteiger partial charge on any atom is -0.452 e. The maximum absolute atomic E-state index is 12.1. The third-order valence-electron chi connectivity index (χ3n) is 3.49. The number of esters is 1. The van der Waals surface area contributed by atoms with Gasteiger partial charge in [0.25, 0.3) is 5.91 Å². The molecule has 1 aromatic carbocycles. The SMILES string of the molecule is CC(C)C[C@H](NC(=O)COC(=O)c1ccncc1)c1ccccc1. The van der Waals surface area contributed by atoms with Crippen LogP contribution in [-0.2, 0) is 9.53 Å². The summed E-state index contributed by atoms with van der Waals surface area (Å²) in [6.45, 7) is 3.90. The summed E-state index contributed by atoms with van der Waals surface area (Å²) in [4.78, 5) is 27.8. The summed E-state index contributed by atoms with van der Waals surface area (Å²) in [5.74, 6) is -0.422. The van der Waals surface area contributed by atoms with Gasteiger partial charge in [-0.2, -0.15) is 0 Å². The molecule has 0 aliphatic heterocycles. The first-order chi connectivity index (χ1) is 11.6. The van der Waals surface area contributed by atoms with Crippen molar-refractivity contribution in [3.05, 3.63) is 66.0 Å². The minimum atomic E-state index is -0.535. The molecule has 1 atom stereocenters. The second-order valence-corrected chi connectivity index (χ2v) is 5.97. The molecule has 1 amide bonds. The topological polar surface area (TPSA) is 68.3 Å². The van der Waals surface area contributed by atoms with Crippen molar-refractivity contribution in [1.29, 1.82) is 0 Å². The highest BCUT2D eigenvalue weighted by Crippen LogP contribution is 2.20. The number of hydrogen-bond acceptors (Lipinski definition) is 4. The van der Waals surface area contributed by atoms with E-state index in [1.54, 1.807) is 12.1 Å². The van der Waals surface area contributed by atoms with Crippen LogP contribution in [0, 0.1) is 5.92 Å². The molecule has 0 unspecified atom stereocenters. The van der Waals surface area contributed by atoms with Crippen LogP contribution >= 0.6 is 0 Å². The van der Waals surface area contributed by atoms with E-state index in [0.717, 1.165) is 12.0 Å². The Morgan fingerprint density at radius 1 is 1.08 bits per heavy atom. The number of nitrogens with zero attached hydrogens (tertiary/aromatic N) is 1. The van der Waals surface area contributed by atoms with Crippen molar-refractivity contribution in [3.8, 4) is 0 Å². The number of aromatic nitrogens is 1. The van der Waals surface area contributed by atoms with Crippen LogP contribution in [0.15, 0.2) is 54.9 Å². The third-order valence-corrected chi connectivity index (χ3v) is 3.49. The van der Waals surface area contributed by atoms with E-state index in [0.29, 0.717) is 11.5 Å². The number of hydrogen-bond donors (Lipinski definition) is 1. The van der Waals surface area contributed by atoms with Crippen LogP contribution < -0.4 is 5.32 Å². The van der Waals surface area contributed by atoms with Gasteiger partial charge >= 0.3 is 5.97 Å². The Kier molecular flexibility index (Phi) is 6.49. The molecule has 24 heavy (non-hydrogen) atoms. The van der Waals surface area contributed by atoms with Crippen LogP contribution in [0.2, 0.25) is 0 Å². The summed E-state index contributed by atoms with van der Waals surface area (Å²) in [5, 5.41) is 2.94. The number of ether oxygens (including phenoxy) is 1. The average Bonchev–Trinajstić information content (AvgIpc) is 2.60. The molecule has 0 aliphatic carbocycles. The van der Waals surface area contributed by atoms with Crippen LogP contribution in [-0.4, -0.2) is 23.5 Å². The van der Waals surface area contributed by atoms with E-state index in [1.807, 2.05) is 30.3 Å². The summed E-state index contributed by atoms with van der Waals surface area (Å²) >= 11 is 0. The van der Waals surface area contributed by atoms with Crippen molar-refractivity contribution in [3.63, 3.8) is 0 Å². The molecule has 0 radical (unpaired) electrons. The summed E-state index contributed by atoms with van der Waals surface area (Å²) in [6.07, 6.45) is 3.82. The fourth-order valence-corrected chi connectivity index (χ4v) is 2.37. The zero-order valence-electron chi connectivity index (χ0n) is 13.9. The summed E-state index contributed by atoms with van der Waals surface area (Å²) < 4.78 is 5.05. The van der Waals surface area contributed by atoms with E-state index < -0.39 is 5.97 Å². The van der Waals surface area contributed by atoms with E-state index in [-0.39, 0.29) is 18.6 Å². The van der Waals surface area contributed by atoms with Crippen LogP contribution in [0.25, 0.3) is 0 Å². The second-order valence-electron chi connectivity index (χ2n) is 5.97. The number of carbonyl (C=O) groups excluding carboxylic acids is 2. The van der Waals surface area contributed by atoms with Gasteiger partial charge in [0.1, 0.15) is 0 Å². The highest BCUT2D eigenvalue weighted by molar-refractivity contribution is 5.91. The zero-order valence-corrected chi connectivity index (χ0v) is 13.9. The smallest absolute Gasteiger partial charge is 0.338 e. The van der Waals surface area contributed by atoms with E-state index in [1.165, 1.54) is 12.4 Å². The molecule has 0 fully saturated rings. The normalized spacial score (nSPS) is 11.8. The van der Waals surface area contributed by atoms with Gasteiger partial charge in [-0.1, -0.05) is 44.2 Å². The van der Waals surface area contributed by atoms with Crippen molar-refractivity contribution in [1.82, 2.24) is 10.3 Å². The third kappa shape index (κ3) is 5.50. The fourth-order valence-electron chi connectivity index (χ4n) is 2.37. The predicted molar refractivity (Wildman–Crippen MR) is 91.3 cm³/mol. The molecule has 0 aliphatic rings. The Balaban J connectivity index is 1.92. The molecule has 0 spiro atoms. The lowest BCUT2D eigenvalue weighted by molar-refractivity contribution is -0.125. The molecular weight excluding hydrogens is 304 g/mol. The number of rotatable bonds is 7. The highest BCUT2D eigenvalue weighted by Gasteiger charge is 2.17. The molecule has 2 aromatic rings. The first-order valence-corrected chi connectivity index (χ1v) is 7.97. The number of nitrogens with one attached hydrogen (secondary N) is 1. The lowest BCUT2D eigenvalue weighted by Gasteiger charge is -2.21. The van der Waals surface area contributed by atoms with Crippen molar-refractivity contribution < 1.29 is 14.3 Å². The Bertz CT molecular complexity index is 657. The van der Waals surface area contributed by atoms with Crippen molar-refractivity contribution >= 4 is 11.9 Å². The van der Waals surface area contributed by atoms with Crippen molar-refractivity contribution in [2.75, 3.05) is 6.61 Å². The lowest BCUT2D eigenvalue weighted by Crippen LogP contribution is -2.33. The van der Waals surface area contributed by atoms with Gasteiger partial charge in [0.2, 0.25) is 0 Å². The summed E-state index contributed by atoms with van der Waals surface area (Å²) in [6, 6.07) is 12.8. The van der Waals surface area contributed by atoms with Gasteiger partial charge in [0.15, 0.2) is 6.61 Å². The fraction of sp³-hybridized carbons (Fsp3) is 0.316. The first kappa shape index (κ1) is 17.7. The number of carbonyl (C=O) groups is 2. The molecule has 5 heteroatoms. The molecule has 0 saturated heterocycles. The molecule has 2 rings (SSSR count). The Morgan fingerprint density at radius 3 is 2.38 bits per heavy atom. The van der Waals surface area contributed by atoms with E-state index in [4.69, 9.17) is 4.74 Å². The number of amides is 1. The molecule has 1 aromatic heterocycles. The van der Waals surface area contributed by atoms with Crippen molar-refractivity contribution in [2.24, 2.45) is 5.92 Å².